The summed E-state index contributed by atoms with van der Waals surface area (Å²) < 4.78 is 40.8. The number of anilines is 1. The molecule has 0 aliphatic heterocycles. The Bertz CT molecular complexity index is 1480. The second kappa shape index (κ2) is 8.35. The number of pyridine rings is 2. The molecule has 7 nitrogen and oxygen atoms in total. The summed E-state index contributed by atoms with van der Waals surface area (Å²) >= 11 is 0. The van der Waals surface area contributed by atoms with Crippen LogP contribution in [0.2, 0.25) is 0 Å². The molecule has 0 saturated carbocycles. The molecule has 1 amide bonds. The van der Waals surface area contributed by atoms with Crippen molar-refractivity contribution in [1.29, 1.82) is 0 Å². The van der Waals surface area contributed by atoms with E-state index in [1.54, 1.807) is 31.2 Å². The fourth-order valence-electron chi connectivity index (χ4n) is 3.26. The third-order valence-corrected chi connectivity index (χ3v) is 6.58. The van der Waals surface area contributed by atoms with E-state index >= 15 is 0 Å². The number of fused-ring (bicyclic) bond motifs is 1. The molecule has 0 unspecified atom stereocenters. The van der Waals surface area contributed by atoms with E-state index < -0.39 is 31.9 Å². The van der Waals surface area contributed by atoms with E-state index in [1.807, 2.05) is 0 Å². The van der Waals surface area contributed by atoms with Crippen LogP contribution in [0.15, 0.2) is 87.5 Å². The largest absolute Gasteiger partial charge is 0.325 e. The Morgan fingerprint density at radius 2 is 1.72 bits per heavy atom. The summed E-state index contributed by atoms with van der Waals surface area (Å²) in [7, 11) is -4.13. The molecule has 9 heteroatoms. The van der Waals surface area contributed by atoms with Crippen molar-refractivity contribution in [3.8, 4) is 0 Å². The number of nitrogens with zero attached hydrogens (tertiary/aromatic N) is 2. The third-order valence-electron chi connectivity index (χ3n) is 4.81. The highest BCUT2D eigenvalue weighted by molar-refractivity contribution is 7.91. The van der Waals surface area contributed by atoms with Crippen LogP contribution in [0.3, 0.4) is 0 Å². The molecule has 4 rings (SSSR count). The van der Waals surface area contributed by atoms with Crippen molar-refractivity contribution in [3.05, 3.63) is 94.7 Å². The average Bonchev–Trinajstić information content (AvgIpc) is 2.77. The van der Waals surface area contributed by atoms with E-state index in [9.17, 15) is 22.4 Å². The third kappa shape index (κ3) is 4.15. The number of aromatic nitrogens is 2. The van der Waals surface area contributed by atoms with Crippen molar-refractivity contribution in [2.75, 3.05) is 5.32 Å². The number of hydrogen-bond donors (Lipinski definition) is 1. The Hall–Kier alpha value is -3.85. The number of benzene rings is 2. The number of carbonyl (C=O) groups is 1. The standard InChI is InChI=1S/C23H18FN3O4S/c1-15-7-12-19-22(29)20(32(30,31)18-5-3-2-4-6-18)13-27(23(19)25-15)14-21(28)26-17-10-8-16(24)9-11-17/h2-13H,14H2,1H3,(H,26,28). The van der Waals surface area contributed by atoms with E-state index in [0.29, 0.717) is 11.4 Å². The highest BCUT2D eigenvalue weighted by atomic mass is 32.2. The van der Waals surface area contributed by atoms with Crippen molar-refractivity contribution in [1.82, 2.24) is 9.55 Å². The van der Waals surface area contributed by atoms with Gasteiger partial charge in [0, 0.05) is 17.6 Å². The first kappa shape index (κ1) is 21.4. The minimum absolute atomic E-state index is 0.0289. The maximum absolute atomic E-state index is 13.2. The summed E-state index contributed by atoms with van der Waals surface area (Å²) in [6, 6.07) is 15.9. The summed E-state index contributed by atoms with van der Waals surface area (Å²) in [6.07, 6.45) is 1.14. The highest BCUT2D eigenvalue weighted by Crippen LogP contribution is 2.21. The average molecular weight is 451 g/mol. The maximum Gasteiger partial charge on any atom is 0.244 e. The van der Waals surface area contributed by atoms with E-state index in [2.05, 4.69) is 10.3 Å². The van der Waals surface area contributed by atoms with Crippen molar-refractivity contribution >= 4 is 32.5 Å². The SMILES string of the molecule is Cc1ccc2c(=O)c(S(=O)(=O)c3ccccc3)cn(CC(=O)Nc3ccc(F)cc3)c2n1. The number of carbonyl (C=O) groups excluding carboxylic acids is 1. The number of sulfone groups is 1. The summed E-state index contributed by atoms with van der Waals surface area (Å²) in [5.41, 5.74) is 0.481. The van der Waals surface area contributed by atoms with E-state index in [-0.39, 0.29) is 22.5 Å². The number of halogens is 1. The van der Waals surface area contributed by atoms with Gasteiger partial charge in [-0.15, -0.1) is 0 Å². The Morgan fingerprint density at radius 3 is 2.41 bits per heavy atom. The van der Waals surface area contributed by atoms with Crippen molar-refractivity contribution in [2.45, 2.75) is 23.3 Å². The second-order valence-corrected chi connectivity index (χ2v) is 9.06. The first-order valence-electron chi connectivity index (χ1n) is 9.62. The van der Waals surface area contributed by atoms with Crippen LogP contribution in [0.4, 0.5) is 10.1 Å². The summed E-state index contributed by atoms with van der Waals surface area (Å²) in [6.45, 7) is 1.42. The van der Waals surface area contributed by atoms with Gasteiger partial charge in [0.15, 0.2) is 0 Å². The fraction of sp³-hybridized carbons (Fsp3) is 0.0870. The van der Waals surface area contributed by atoms with Gasteiger partial charge in [0.2, 0.25) is 21.2 Å². The van der Waals surface area contributed by atoms with Crippen molar-refractivity contribution in [2.24, 2.45) is 0 Å². The topological polar surface area (TPSA) is 98.1 Å². The molecule has 32 heavy (non-hydrogen) atoms. The van der Waals surface area contributed by atoms with E-state index in [4.69, 9.17) is 0 Å². The van der Waals surface area contributed by atoms with Crippen LogP contribution in [0, 0.1) is 12.7 Å². The molecule has 2 aromatic carbocycles. The minimum Gasteiger partial charge on any atom is -0.325 e. The predicted molar refractivity (Wildman–Crippen MR) is 118 cm³/mol. The second-order valence-electron chi connectivity index (χ2n) is 7.15. The lowest BCUT2D eigenvalue weighted by atomic mass is 10.2. The van der Waals surface area contributed by atoms with Crippen LogP contribution in [0.25, 0.3) is 11.0 Å². The number of nitrogens with one attached hydrogen (secondary N) is 1. The van der Waals surface area contributed by atoms with Gasteiger partial charge in [-0.2, -0.15) is 0 Å². The van der Waals surface area contributed by atoms with Gasteiger partial charge in [-0.1, -0.05) is 18.2 Å². The van der Waals surface area contributed by atoms with Gasteiger partial charge in [-0.25, -0.2) is 17.8 Å². The molecular weight excluding hydrogens is 433 g/mol. The van der Waals surface area contributed by atoms with Crippen LogP contribution < -0.4 is 10.7 Å². The molecule has 0 saturated heterocycles. The summed E-state index contributed by atoms with van der Waals surface area (Å²) in [5.74, 6) is -0.933. The monoisotopic (exact) mass is 451 g/mol. The van der Waals surface area contributed by atoms with Crippen LogP contribution >= 0.6 is 0 Å². The molecule has 1 N–H and O–H groups in total. The highest BCUT2D eigenvalue weighted by Gasteiger charge is 2.24. The van der Waals surface area contributed by atoms with Crippen LogP contribution in [-0.2, 0) is 21.2 Å². The van der Waals surface area contributed by atoms with Gasteiger partial charge in [0.05, 0.1) is 10.3 Å². The molecule has 0 bridgehead atoms. The lowest BCUT2D eigenvalue weighted by molar-refractivity contribution is -0.116. The van der Waals surface area contributed by atoms with Gasteiger partial charge in [-0.3, -0.25) is 9.59 Å². The molecule has 0 aliphatic carbocycles. The van der Waals surface area contributed by atoms with E-state index in [1.165, 1.54) is 47.0 Å². The zero-order valence-electron chi connectivity index (χ0n) is 16.9. The number of amides is 1. The Balaban J connectivity index is 1.81. The van der Waals surface area contributed by atoms with E-state index in [0.717, 1.165) is 6.20 Å². The quantitative estimate of drug-likeness (QED) is 0.502. The zero-order chi connectivity index (χ0) is 22.9. The van der Waals surface area contributed by atoms with Gasteiger partial charge < -0.3 is 9.88 Å². The number of hydrogen-bond acceptors (Lipinski definition) is 5. The van der Waals surface area contributed by atoms with Crippen LogP contribution in [0.5, 0.6) is 0 Å². The molecular formula is C23H18FN3O4S. The molecule has 0 radical (unpaired) electrons. The van der Waals surface area contributed by atoms with Gasteiger partial charge >= 0.3 is 0 Å². The molecule has 162 valence electrons. The first-order valence-corrected chi connectivity index (χ1v) is 11.1. The summed E-state index contributed by atoms with van der Waals surface area (Å²) in [5, 5.41) is 2.71. The number of rotatable bonds is 5. The van der Waals surface area contributed by atoms with Gasteiger partial charge in [-0.05, 0) is 55.5 Å². The van der Waals surface area contributed by atoms with Crippen LogP contribution in [-0.4, -0.2) is 23.9 Å². The lowest BCUT2D eigenvalue weighted by Gasteiger charge is -2.14. The predicted octanol–water partition coefficient (Wildman–Crippen LogP) is 3.32. The zero-order valence-corrected chi connectivity index (χ0v) is 17.8. The molecule has 0 spiro atoms. The van der Waals surface area contributed by atoms with Gasteiger partial charge in [0.25, 0.3) is 0 Å². The Morgan fingerprint density at radius 1 is 1.03 bits per heavy atom. The molecule has 2 heterocycles. The Kier molecular flexibility index (Phi) is 5.58. The number of aryl methyl sites for hydroxylation is 1. The molecule has 0 fully saturated rings. The normalized spacial score (nSPS) is 11.4. The molecule has 4 aromatic rings. The minimum atomic E-state index is -4.13. The fourth-order valence-corrected chi connectivity index (χ4v) is 4.65. The molecule has 0 aliphatic rings. The molecule has 2 aromatic heterocycles. The first-order chi connectivity index (χ1) is 15.3. The smallest absolute Gasteiger partial charge is 0.244 e. The Labute approximate surface area is 183 Å². The van der Waals surface area contributed by atoms with Crippen molar-refractivity contribution < 1.29 is 17.6 Å². The maximum atomic E-state index is 13.2. The van der Waals surface area contributed by atoms with Gasteiger partial charge in [0.1, 0.15) is 22.9 Å². The summed E-state index contributed by atoms with van der Waals surface area (Å²) in [4.78, 5) is 29.5. The van der Waals surface area contributed by atoms with Crippen molar-refractivity contribution in [3.63, 3.8) is 0 Å². The lowest BCUT2D eigenvalue weighted by Crippen LogP contribution is -2.24. The molecule has 0 atom stereocenters. The van der Waals surface area contributed by atoms with Crippen LogP contribution in [0.1, 0.15) is 5.69 Å².